The molecule has 0 saturated heterocycles. The van der Waals surface area contributed by atoms with Gasteiger partial charge in [-0.3, -0.25) is 9.10 Å². The highest BCUT2D eigenvalue weighted by molar-refractivity contribution is 7.92. The molecular formula is C16H17ClN2O3S. The molecule has 1 N–H and O–H groups in total. The maximum absolute atomic E-state index is 12.2. The number of halogens is 1. The number of nitrogens with zero attached hydrogens (tertiary/aromatic N) is 1. The van der Waals surface area contributed by atoms with E-state index in [-0.39, 0.29) is 6.54 Å². The van der Waals surface area contributed by atoms with E-state index < -0.39 is 15.9 Å². The van der Waals surface area contributed by atoms with Crippen molar-refractivity contribution in [1.82, 2.24) is 0 Å². The molecule has 2 aromatic rings. The van der Waals surface area contributed by atoms with Gasteiger partial charge >= 0.3 is 0 Å². The summed E-state index contributed by atoms with van der Waals surface area (Å²) < 4.78 is 25.1. The van der Waals surface area contributed by atoms with Crippen LogP contribution < -0.4 is 9.62 Å². The fraction of sp³-hybridized carbons (Fsp3) is 0.188. The molecule has 0 fully saturated rings. The van der Waals surface area contributed by atoms with Crippen molar-refractivity contribution >= 4 is 38.9 Å². The molecule has 0 aliphatic rings. The van der Waals surface area contributed by atoms with E-state index in [1.165, 1.54) is 0 Å². The normalized spacial score (nSPS) is 11.1. The van der Waals surface area contributed by atoms with Gasteiger partial charge in [0.2, 0.25) is 15.9 Å². The Labute approximate surface area is 140 Å². The predicted octanol–water partition coefficient (Wildman–Crippen LogP) is 3.05. The summed E-state index contributed by atoms with van der Waals surface area (Å²) >= 11 is 5.99. The van der Waals surface area contributed by atoms with E-state index >= 15 is 0 Å². The first-order valence-corrected chi connectivity index (χ1v) is 9.09. The third kappa shape index (κ3) is 4.71. The Morgan fingerprint density at radius 1 is 1.17 bits per heavy atom. The van der Waals surface area contributed by atoms with Crippen molar-refractivity contribution in [2.75, 3.05) is 22.4 Å². The molecule has 23 heavy (non-hydrogen) atoms. The Bertz CT molecular complexity index is 822. The number of hydrogen-bond acceptors (Lipinski definition) is 3. The number of benzene rings is 2. The van der Waals surface area contributed by atoms with Gasteiger partial charge in [-0.2, -0.15) is 0 Å². The largest absolute Gasteiger partial charge is 0.323 e. The molecule has 0 atom stereocenters. The molecule has 7 heteroatoms. The molecule has 0 bridgehead atoms. The number of sulfonamides is 1. The van der Waals surface area contributed by atoms with E-state index in [0.29, 0.717) is 16.4 Å². The van der Waals surface area contributed by atoms with Crippen LogP contribution in [0, 0.1) is 6.92 Å². The molecule has 2 rings (SSSR count). The minimum atomic E-state index is -3.59. The maximum Gasteiger partial charge on any atom is 0.245 e. The summed E-state index contributed by atoms with van der Waals surface area (Å²) in [6.07, 6.45) is 1.07. The Morgan fingerprint density at radius 2 is 1.87 bits per heavy atom. The van der Waals surface area contributed by atoms with E-state index in [1.54, 1.807) is 42.5 Å². The van der Waals surface area contributed by atoms with Crippen LogP contribution in [0.25, 0.3) is 0 Å². The maximum atomic E-state index is 12.2. The molecule has 0 heterocycles. The zero-order valence-electron chi connectivity index (χ0n) is 12.8. The Hall–Kier alpha value is -2.05. The van der Waals surface area contributed by atoms with Gasteiger partial charge in [0.1, 0.15) is 6.54 Å². The number of amides is 1. The van der Waals surface area contributed by atoms with Gasteiger partial charge in [-0.15, -0.1) is 0 Å². The third-order valence-corrected chi connectivity index (χ3v) is 4.60. The van der Waals surface area contributed by atoms with Crippen LogP contribution in [-0.4, -0.2) is 27.1 Å². The SMILES string of the molecule is Cc1cccc(N(CC(=O)Nc2ccccc2Cl)S(C)(=O)=O)c1. The average Bonchev–Trinajstić information content (AvgIpc) is 2.46. The number of carbonyl (C=O) groups is 1. The highest BCUT2D eigenvalue weighted by atomic mass is 35.5. The number of anilines is 2. The summed E-state index contributed by atoms with van der Waals surface area (Å²) in [7, 11) is -3.59. The second-order valence-corrected chi connectivity index (χ2v) is 7.45. The Morgan fingerprint density at radius 3 is 2.48 bits per heavy atom. The first-order chi connectivity index (χ1) is 10.8. The lowest BCUT2D eigenvalue weighted by Gasteiger charge is -2.22. The van der Waals surface area contributed by atoms with Crippen LogP contribution in [-0.2, 0) is 14.8 Å². The fourth-order valence-electron chi connectivity index (χ4n) is 2.07. The van der Waals surface area contributed by atoms with Gasteiger partial charge in [0, 0.05) is 0 Å². The van der Waals surface area contributed by atoms with Crippen molar-refractivity contribution in [3.63, 3.8) is 0 Å². The van der Waals surface area contributed by atoms with E-state index in [1.807, 2.05) is 13.0 Å². The monoisotopic (exact) mass is 352 g/mol. The van der Waals surface area contributed by atoms with Gasteiger partial charge in [0.25, 0.3) is 0 Å². The summed E-state index contributed by atoms with van der Waals surface area (Å²) in [5.41, 5.74) is 1.79. The molecule has 1 amide bonds. The first kappa shape index (κ1) is 17.3. The first-order valence-electron chi connectivity index (χ1n) is 6.86. The zero-order valence-corrected chi connectivity index (χ0v) is 14.4. The fourth-order valence-corrected chi connectivity index (χ4v) is 3.10. The second kappa shape index (κ2) is 7.02. The smallest absolute Gasteiger partial charge is 0.245 e. The quantitative estimate of drug-likeness (QED) is 0.899. The molecular weight excluding hydrogens is 336 g/mol. The Balaban J connectivity index is 2.22. The van der Waals surface area contributed by atoms with Gasteiger partial charge in [-0.05, 0) is 36.8 Å². The lowest BCUT2D eigenvalue weighted by molar-refractivity contribution is -0.114. The number of para-hydroxylation sites is 1. The number of nitrogens with one attached hydrogen (secondary N) is 1. The van der Waals surface area contributed by atoms with E-state index in [2.05, 4.69) is 5.32 Å². The lowest BCUT2D eigenvalue weighted by atomic mass is 10.2. The molecule has 0 radical (unpaired) electrons. The van der Waals surface area contributed by atoms with Crippen molar-refractivity contribution in [2.45, 2.75) is 6.92 Å². The topological polar surface area (TPSA) is 66.5 Å². The van der Waals surface area contributed by atoms with E-state index in [9.17, 15) is 13.2 Å². The van der Waals surface area contributed by atoms with Crippen LogP contribution in [0.3, 0.4) is 0 Å². The number of hydrogen-bond donors (Lipinski definition) is 1. The standard InChI is InChI=1S/C16H17ClN2O3S/c1-12-6-5-7-13(10-12)19(23(2,21)22)11-16(20)18-15-9-4-3-8-14(15)17/h3-10H,11H2,1-2H3,(H,18,20). The molecule has 0 aliphatic carbocycles. The minimum Gasteiger partial charge on any atom is -0.323 e. The van der Waals surface area contributed by atoms with Crippen molar-refractivity contribution in [3.8, 4) is 0 Å². The summed E-state index contributed by atoms with van der Waals surface area (Å²) in [5.74, 6) is -0.468. The molecule has 0 unspecified atom stereocenters. The molecule has 0 aromatic heterocycles. The molecule has 2 aromatic carbocycles. The third-order valence-electron chi connectivity index (χ3n) is 3.13. The predicted molar refractivity (Wildman–Crippen MR) is 93.5 cm³/mol. The van der Waals surface area contributed by atoms with Crippen LogP contribution in [0.4, 0.5) is 11.4 Å². The molecule has 0 aliphatic heterocycles. The van der Waals surface area contributed by atoms with E-state index in [0.717, 1.165) is 16.1 Å². The van der Waals surface area contributed by atoms with Crippen molar-refractivity contribution in [1.29, 1.82) is 0 Å². The van der Waals surface area contributed by atoms with Gasteiger partial charge < -0.3 is 5.32 Å². The minimum absolute atomic E-state index is 0.326. The number of rotatable bonds is 5. The van der Waals surface area contributed by atoms with Crippen LogP contribution in [0.5, 0.6) is 0 Å². The lowest BCUT2D eigenvalue weighted by Crippen LogP contribution is -2.37. The van der Waals surface area contributed by atoms with Gasteiger partial charge in [-0.1, -0.05) is 35.9 Å². The van der Waals surface area contributed by atoms with Crippen molar-refractivity contribution in [2.24, 2.45) is 0 Å². The summed E-state index contributed by atoms with van der Waals surface area (Å²) in [4.78, 5) is 12.2. The molecule has 0 spiro atoms. The highest BCUT2D eigenvalue weighted by Crippen LogP contribution is 2.22. The Kier molecular flexibility index (Phi) is 5.28. The van der Waals surface area contributed by atoms with Gasteiger partial charge in [0.05, 0.1) is 22.7 Å². The summed E-state index contributed by atoms with van der Waals surface area (Å²) in [6, 6.07) is 13.7. The van der Waals surface area contributed by atoms with Crippen molar-refractivity contribution < 1.29 is 13.2 Å². The molecule has 0 saturated carbocycles. The average molecular weight is 353 g/mol. The van der Waals surface area contributed by atoms with Gasteiger partial charge in [0.15, 0.2) is 0 Å². The van der Waals surface area contributed by atoms with Gasteiger partial charge in [-0.25, -0.2) is 8.42 Å². The van der Waals surface area contributed by atoms with Crippen LogP contribution in [0.2, 0.25) is 5.02 Å². The highest BCUT2D eigenvalue weighted by Gasteiger charge is 2.21. The second-order valence-electron chi connectivity index (χ2n) is 5.14. The molecule has 5 nitrogen and oxygen atoms in total. The van der Waals surface area contributed by atoms with Crippen LogP contribution in [0.1, 0.15) is 5.56 Å². The molecule has 122 valence electrons. The summed E-state index contributed by atoms with van der Waals surface area (Å²) in [6.45, 7) is 1.53. The number of carbonyl (C=O) groups excluding carboxylic acids is 1. The van der Waals surface area contributed by atoms with Crippen LogP contribution in [0.15, 0.2) is 48.5 Å². The summed E-state index contributed by atoms with van der Waals surface area (Å²) in [5, 5.41) is 3.01. The zero-order chi connectivity index (χ0) is 17.0. The van der Waals surface area contributed by atoms with Crippen LogP contribution >= 0.6 is 11.6 Å². The van der Waals surface area contributed by atoms with E-state index in [4.69, 9.17) is 11.6 Å². The number of aryl methyl sites for hydroxylation is 1. The van der Waals surface area contributed by atoms with Crippen molar-refractivity contribution in [3.05, 3.63) is 59.1 Å².